The van der Waals surface area contributed by atoms with E-state index in [0.29, 0.717) is 10.9 Å². The van der Waals surface area contributed by atoms with Crippen LogP contribution in [-0.4, -0.2) is 38.2 Å². The van der Waals surface area contributed by atoms with Crippen molar-refractivity contribution in [3.05, 3.63) is 71.5 Å². The van der Waals surface area contributed by atoms with Crippen molar-refractivity contribution in [1.82, 2.24) is 0 Å². The monoisotopic (exact) mass is 451 g/mol. The van der Waals surface area contributed by atoms with E-state index < -0.39 is 19.5 Å². The summed E-state index contributed by atoms with van der Waals surface area (Å²) in [7, 11) is 1.36. The minimum Gasteiger partial charge on any atom is -0.465 e. The molecule has 0 amide bonds. The molecule has 2 aromatic carbocycles. The van der Waals surface area contributed by atoms with E-state index in [4.69, 9.17) is 9.47 Å². The molecular weight excluding hydrogens is 421 g/mol. The van der Waals surface area contributed by atoms with Gasteiger partial charge in [-0.2, -0.15) is 0 Å². The average molecular weight is 452 g/mol. The first-order valence-electron chi connectivity index (χ1n) is 10.7. The maximum Gasteiger partial charge on any atom is 0.343 e. The summed E-state index contributed by atoms with van der Waals surface area (Å²) in [6, 6.07) is 20.0. The Kier molecular flexibility index (Phi) is 7.42. The van der Waals surface area contributed by atoms with Gasteiger partial charge in [0.05, 0.1) is 19.9 Å². The van der Waals surface area contributed by atoms with Crippen molar-refractivity contribution in [2.24, 2.45) is 0 Å². The van der Waals surface area contributed by atoms with Gasteiger partial charge in [-0.15, -0.1) is 0 Å². The lowest BCUT2D eigenvalue weighted by Gasteiger charge is -2.34. The number of benzene rings is 2. The highest BCUT2D eigenvalue weighted by Gasteiger charge is 2.37. The minimum atomic E-state index is -1.35. The molecule has 0 fully saturated rings. The van der Waals surface area contributed by atoms with Crippen LogP contribution in [0.15, 0.2) is 60.7 Å². The van der Waals surface area contributed by atoms with Gasteiger partial charge in [0.25, 0.3) is 0 Å². The predicted molar refractivity (Wildman–Crippen MR) is 131 cm³/mol. The van der Waals surface area contributed by atoms with Gasteiger partial charge in [-0.05, 0) is 38.6 Å². The Bertz CT molecular complexity index is 1080. The number of carbonyl (C=O) groups excluding carboxylic acids is 2. The Balaban J connectivity index is 2.61. The van der Waals surface area contributed by atoms with Crippen molar-refractivity contribution < 1.29 is 19.1 Å². The molecule has 0 radical (unpaired) electrons. The third-order valence-corrected chi connectivity index (χ3v) is 7.93. The average Bonchev–Trinajstić information content (AvgIpc) is 3.14. The zero-order valence-electron chi connectivity index (χ0n) is 19.5. The first-order chi connectivity index (χ1) is 15.3. The highest BCUT2D eigenvalue weighted by molar-refractivity contribution is 7.62. The Morgan fingerprint density at radius 3 is 1.75 bits per heavy atom. The molecule has 3 aromatic rings. The van der Waals surface area contributed by atoms with Crippen LogP contribution in [-0.2, 0) is 9.47 Å². The van der Waals surface area contributed by atoms with E-state index in [2.05, 4.69) is 32.6 Å². The van der Waals surface area contributed by atoms with E-state index in [0.717, 1.165) is 21.9 Å². The molecule has 168 valence electrons. The van der Waals surface area contributed by atoms with Gasteiger partial charge >= 0.3 is 11.9 Å². The normalized spacial score (nSPS) is 11.6. The van der Waals surface area contributed by atoms with Gasteiger partial charge in [0.15, 0.2) is 0 Å². The number of hydrogen-bond donors (Lipinski definition) is 0. The summed E-state index contributed by atoms with van der Waals surface area (Å²) in [6.45, 7) is 8.35. The number of nitrogens with zero attached hydrogens (tertiary/aromatic N) is 1. The molecule has 1 atom stereocenters. The number of carbonyl (C=O) groups is 2. The molecule has 0 bridgehead atoms. The fraction of sp³-hybridized carbons (Fsp3) is 0.308. The number of hydrogen-bond acceptors (Lipinski definition) is 5. The molecule has 32 heavy (non-hydrogen) atoms. The molecule has 1 heterocycles. The highest BCUT2D eigenvalue weighted by Crippen LogP contribution is 2.60. The van der Waals surface area contributed by atoms with Gasteiger partial charge in [0.2, 0.25) is 0 Å². The van der Waals surface area contributed by atoms with Crippen LogP contribution < -0.4 is 4.90 Å². The fourth-order valence-corrected chi connectivity index (χ4v) is 6.96. The molecule has 0 aliphatic heterocycles. The van der Waals surface area contributed by atoms with Crippen LogP contribution in [0, 0.1) is 0 Å². The van der Waals surface area contributed by atoms with Crippen molar-refractivity contribution >= 4 is 25.2 Å². The summed E-state index contributed by atoms with van der Waals surface area (Å²) in [4.78, 5) is 28.6. The lowest BCUT2D eigenvalue weighted by atomic mass is 10.0. The first kappa shape index (κ1) is 23.6. The third kappa shape index (κ3) is 4.31. The largest absolute Gasteiger partial charge is 0.465 e. The Morgan fingerprint density at radius 2 is 1.28 bits per heavy atom. The van der Waals surface area contributed by atoms with Crippen LogP contribution >= 0.6 is 7.53 Å². The summed E-state index contributed by atoms with van der Waals surface area (Å²) < 4.78 is 10.4. The lowest BCUT2D eigenvalue weighted by Crippen LogP contribution is -2.38. The Hall–Kier alpha value is -3.04. The quantitative estimate of drug-likeness (QED) is 0.383. The van der Waals surface area contributed by atoms with E-state index in [-0.39, 0.29) is 12.1 Å². The molecule has 3 rings (SSSR count). The van der Waals surface area contributed by atoms with Crippen molar-refractivity contribution in [2.45, 2.75) is 39.8 Å². The minimum absolute atomic E-state index is 0.0907. The molecular formula is C26H30NO4P. The van der Waals surface area contributed by atoms with Gasteiger partial charge in [0, 0.05) is 17.4 Å². The molecule has 0 spiro atoms. The van der Waals surface area contributed by atoms with E-state index >= 15 is 0 Å². The topological polar surface area (TPSA) is 55.8 Å². The summed E-state index contributed by atoms with van der Waals surface area (Å²) in [5, 5.41) is 2.32. The second kappa shape index (κ2) is 10.1. The van der Waals surface area contributed by atoms with Crippen molar-refractivity contribution in [1.29, 1.82) is 0 Å². The van der Waals surface area contributed by atoms with Gasteiger partial charge in [-0.3, -0.25) is 0 Å². The summed E-state index contributed by atoms with van der Waals surface area (Å²) in [6.07, 6.45) is 0. The maximum absolute atomic E-state index is 13.2. The smallest absolute Gasteiger partial charge is 0.343 e. The number of esters is 2. The zero-order valence-corrected chi connectivity index (χ0v) is 20.4. The van der Waals surface area contributed by atoms with Crippen LogP contribution in [0.4, 0.5) is 5.69 Å². The zero-order chi connectivity index (χ0) is 23.4. The number of ether oxygens (including phenoxy) is 2. The van der Waals surface area contributed by atoms with Crippen LogP contribution in [0.5, 0.6) is 0 Å². The SMILES string of the molecule is COC(=O)c1c(N(C(C)C)C(C)C)c(-c2ccccc2)p(-c2ccccc2)c1C(=O)OC. The van der Waals surface area contributed by atoms with Crippen LogP contribution in [0.1, 0.15) is 48.1 Å². The van der Waals surface area contributed by atoms with E-state index in [1.54, 1.807) is 0 Å². The van der Waals surface area contributed by atoms with E-state index in [9.17, 15) is 9.59 Å². The van der Waals surface area contributed by atoms with E-state index in [1.165, 1.54) is 14.2 Å². The molecule has 0 N–H and O–H groups in total. The van der Waals surface area contributed by atoms with Gasteiger partial charge in [-0.25, -0.2) is 9.59 Å². The predicted octanol–water partition coefficient (Wildman–Crippen LogP) is 6.53. The molecule has 0 aliphatic carbocycles. The number of methoxy groups -OCH3 is 2. The van der Waals surface area contributed by atoms with Gasteiger partial charge < -0.3 is 14.4 Å². The molecule has 0 saturated carbocycles. The molecule has 0 saturated heterocycles. The second-order valence-electron chi connectivity index (χ2n) is 8.04. The fourth-order valence-electron chi connectivity index (χ4n) is 4.21. The van der Waals surface area contributed by atoms with E-state index in [1.807, 2.05) is 60.7 Å². The highest BCUT2D eigenvalue weighted by atomic mass is 31.1. The molecule has 6 heteroatoms. The molecule has 1 unspecified atom stereocenters. The van der Waals surface area contributed by atoms with Gasteiger partial charge in [-0.1, -0.05) is 68.2 Å². The summed E-state index contributed by atoms with van der Waals surface area (Å²) in [5.41, 5.74) is 2.03. The third-order valence-electron chi connectivity index (χ3n) is 5.35. The number of rotatable bonds is 7. The van der Waals surface area contributed by atoms with Crippen molar-refractivity contribution in [3.63, 3.8) is 0 Å². The molecule has 5 nitrogen and oxygen atoms in total. The maximum atomic E-state index is 13.2. The lowest BCUT2D eigenvalue weighted by molar-refractivity contribution is 0.0560. The molecule has 1 aromatic heterocycles. The number of anilines is 1. The van der Waals surface area contributed by atoms with Crippen LogP contribution in [0.25, 0.3) is 16.2 Å². The van der Waals surface area contributed by atoms with Crippen molar-refractivity contribution in [2.75, 3.05) is 19.1 Å². The van der Waals surface area contributed by atoms with Gasteiger partial charge in [0.1, 0.15) is 10.9 Å². The summed E-state index contributed by atoms with van der Waals surface area (Å²) >= 11 is 0. The molecule has 0 aliphatic rings. The first-order valence-corrected chi connectivity index (χ1v) is 12.0. The standard InChI is InChI=1S/C26H30NO4P/c1-17(2)27(18(3)4)22-21(25(28)30-5)24(26(29)31-6)32(20-15-11-8-12-16-20)23(22)19-13-9-7-10-14-19/h7-18H,1-6H3. The van der Waals surface area contributed by atoms with Crippen LogP contribution in [0.2, 0.25) is 0 Å². The Labute approximate surface area is 191 Å². The summed E-state index contributed by atoms with van der Waals surface area (Å²) in [5.74, 6) is -1.03. The second-order valence-corrected chi connectivity index (χ2v) is 10.1. The van der Waals surface area contributed by atoms with Crippen LogP contribution in [0.3, 0.4) is 0 Å². The van der Waals surface area contributed by atoms with Crippen molar-refractivity contribution in [3.8, 4) is 16.2 Å². The Morgan fingerprint density at radius 1 is 0.781 bits per heavy atom.